The first kappa shape index (κ1) is 21.9. The number of hydrogen-bond donors (Lipinski definition) is 4. The molecule has 1 saturated heterocycles. The Bertz CT molecular complexity index is 1530. The highest BCUT2D eigenvalue weighted by atomic mass is 35.5. The molecule has 1 aliphatic heterocycles. The molecule has 1 aliphatic carbocycles. The smallest absolute Gasteiger partial charge is 0.264 e. The maximum absolute atomic E-state index is 13.1. The monoisotopic (exact) mass is 488 g/mol. The summed E-state index contributed by atoms with van der Waals surface area (Å²) in [4.78, 5) is 22.8. The molecule has 0 saturated carbocycles. The van der Waals surface area contributed by atoms with Gasteiger partial charge in [-0.3, -0.25) is 14.9 Å². The summed E-state index contributed by atoms with van der Waals surface area (Å²) in [5, 5.41) is 17.6. The molecule has 0 unspecified atom stereocenters. The first-order valence-electron chi connectivity index (χ1n) is 11.6. The number of benzene rings is 2. The lowest BCUT2D eigenvalue weighted by Gasteiger charge is -2.42. The van der Waals surface area contributed by atoms with Gasteiger partial charge in [0, 0.05) is 30.3 Å². The van der Waals surface area contributed by atoms with E-state index < -0.39 is 0 Å². The van der Waals surface area contributed by atoms with E-state index in [4.69, 9.17) is 17.3 Å². The first-order chi connectivity index (χ1) is 16.9. The van der Waals surface area contributed by atoms with Gasteiger partial charge in [-0.05, 0) is 41.9 Å². The van der Waals surface area contributed by atoms with Crippen molar-refractivity contribution >= 4 is 34.2 Å². The minimum Gasteiger partial charge on any atom is -0.506 e. The molecule has 0 bridgehead atoms. The molecule has 2 aromatic heterocycles. The number of aromatic hydroxyl groups is 1. The van der Waals surface area contributed by atoms with Crippen LogP contribution in [0.3, 0.4) is 0 Å². The average molecular weight is 489 g/mol. The number of H-pyrrole nitrogens is 2. The van der Waals surface area contributed by atoms with Crippen molar-refractivity contribution in [1.82, 2.24) is 20.2 Å². The zero-order valence-corrected chi connectivity index (χ0v) is 19.8. The number of nitrogens with one attached hydrogen (secondary N) is 2. The lowest BCUT2D eigenvalue weighted by atomic mass is 9.73. The Morgan fingerprint density at radius 1 is 1.20 bits per heavy atom. The molecule has 178 valence electrons. The standard InChI is InChI=1S/C26H25ClN6O2/c1-14(16-7-4-8-18(34)20(16)27)21-19-23(32-31-21)29-25(30-24(19)35)33-11-9-26(10-12-33)13-15-5-2-3-6-17(15)22(26)28/h2-8,22,34H,1,9-13,28H2,(H2,29,30,31,32,35)/t22-/m1/s1. The number of aromatic amines is 2. The fourth-order valence-electron chi connectivity index (χ4n) is 5.64. The van der Waals surface area contributed by atoms with Gasteiger partial charge in [0.1, 0.15) is 16.8 Å². The van der Waals surface area contributed by atoms with Crippen LogP contribution in [0.5, 0.6) is 5.75 Å². The normalized spacial score (nSPS) is 18.8. The van der Waals surface area contributed by atoms with Crippen molar-refractivity contribution in [3.05, 3.63) is 86.8 Å². The Hall–Kier alpha value is -3.62. The van der Waals surface area contributed by atoms with Crippen molar-refractivity contribution in [2.45, 2.75) is 25.3 Å². The fourth-order valence-corrected chi connectivity index (χ4v) is 5.88. The number of phenolic OH excluding ortho intramolecular Hbond substituents is 1. The molecule has 3 heterocycles. The Balaban J connectivity index is 1.27. The number of aromatic nitrogens is 4. The number of nitrogens with zero attached hydrogens (tertiary/aromatic N) is 3. The van der Waals surface area contributed by atoms with Gasteiger partial charge in [0.2, 0.25) is 5.95 Å². The van der Waals surface area contributed by atoms with Crippen molar-refractivity contribution in [1.29, 1.82) is 0 Å². The molecule has 6 rings (SSSR count). The maximum atomic E-state index is 13.1. The van der Waals surface area contributed by atoms with Crippen LogP contribution in [0.1, 0.15) is 41.3 Å². The third-order valence-corrected chi connectivity index (χ3v) is 8.06. The van der Waals surface area contributed by atoms with Gasteiger partial charge in [-0.2, -0.15) is 10.1 Å². The van der Waals surface area contributed by atoms with Gasteiger partial charge < -0.3 is 15.7 Å². The van der Waals surface area contributed by atoms with E-state index in [9.17, 15) is 9.90 Å². The highest BCUT2D eigenvalue weighted by Gasteiger charge is 2.46. The number of piperidine rings is 1. The van der Waals surface area contributed by atoms with Crippen LogP contribution < -0.4 is 16.2 Å². The maximum Gasteiger partial charge on any atom is 0.264 e. The zero-order chi connectivity index (χ0) is 24.3. The minimum atomic E-state index is -0.309. The molecule has 1 spiro atoms. The highest BCUT2D eigenvalue weighted by Crippen LogP contribution is 2.50. The van der Waals surface area contributed by atoms with Crippen LogP contribution >= 0.6 is 11.6 Å². The van der Waals surface area contributed by atoms with Crippen LogP contribution in [-0.2, 0) is 6.42 Å². The lowest BCUT2D eigenvalue weighted by Crippen LogP contribution is -2.45. The summed E-state index contributed by atoms with van der Waals surface area (Å²) in [6, 6.07) is 13.3. The highest BCUT2D eigenvalue weighted by molar-refractivity contribution is 6.34. The Morgan fingerprint density at radius 2 is 1.97 bits per heavy atom. The molecular weight excluding hydrogens is 464 g/mol. The van der Waals surface area contributed by atoms with Crippen LogP contribution in [0.25, 0.3) is 16.6 Å². The van der Waals surface area contributed by atoms with Gasteiger partial charge in [-0.1, -0.05) is 54.6 Å². The van der Waals surface area contributed by atoms with Crippen LogP contribution in [-0.4, -0.2) is 38.4 Å². The lowest BCUT2D eigenvalue weighted by molar-refractivity contribution is 0.187. The van der Waals surface area contributed by atoms with E-state index in [2.05, 4.69) is 55.9 Å². The van der Waals surface area contributed by atoms with Gasteiger partial charge >= 0.3 is 0 Å². The van der Waals surface area contributed by atoms with E-state index in [1.54, 1.807) is 12.1 Å². The van der Waals surface area contributed by atoms with Crippen LogP contribution in [0.2, 0.25) is 5.02 Å². The van der Waals surface area contributed by atoms with Crippen molar-refractivity contribution in [2.75, 3.05) is 18.0 Å². The molecule has 4 aromatic rings. The number of hydrogen-bond acceptors (Lipinski definition) is 6. The fraction of sp³-hybridized carbons (Fsp3) is 0.269. The summed E-state index contributed by atoms with van der Waals surface area (Å²) < 4.78 is 0. The average Bonchev–Trinajstić information content (AvgIpc) is 3.41. The van der Waals surface area contributed by atoms with Gasteiger partial charge in [0.25, 0.3) is 5.56 Å². The van der Waals surface area contributed by atoms with Gasteiger partial charge in [-0.15, -0.1) is 0 Å². The second kappa shape index (κ2) is 7.96. The summed E-state index contributed by atoms with van der Waals surface area (Å²) in [5.74, 6) is 0.449. The molecule has 2 aliphatic rings. The third-order valence-electron chi connectivity index (χ3n) is 7.66. The number of nitrogens with two attached hydrogens (primary N) is 1. The third kappa shape index (κ3) is 3.36. The molecule has 35 heavy (non-hydrogen) atoms. The molecule has 5 N–H and O–H groups in total. The minimum absolute atomic E-state index is 0.0285. The van der Waals surface area contributed by atoms with Gasteiger partial charge in [0.05, 0.1) is 5.02 Å². The first-order valence-corrected chi connectivity index (χ1v) is 12.0. The Kier molecular flexibility index (Phi) is 4.98. The van der Waals surface area contributed by atoms with E-state index in [-0.39, 0.29) is 27.8 Å². The van der Waals surface area contributed by atoms with E-state index in [1.165, 1.54) is 17.2 Å². The van der Waals surface area contributed by atoms with E-state index >= 15 is 0 Å². The molecule has 0 amide bonds. The molecule has 1 atom stereocenters. The number of fused-ring (bicyclic) bond motifs is 2. The second-order valence-electron chi connectivity index (χ2n) is 9.51. The van der Waals surface area contributed by atoms with E-state index in [0.717, 1.165) is 32.4 Å². The number of rotatable bonds is 3. The molecule has 0 radical (unpaired) electrons. The van der Waals surface area contributed by atoms with Gasteiger partial charge in [-0.25, -0.2) is 0 Å². The van der Waals surface area contributed by atoms with E-state index in [1.807, 2.05) is 0 Å². The number of phenols is 1. The number of anilines is 1. The van der Waals surface area contributed by atoms with Crippen molar-refractivity contribution in [2.24, 2.45) is 11.1 Å². The molecule has 1 fully saturated rings. The number of halogens is 1. The Labute approximate surface area is 206 Å². The summed E-state index contributed by atoms with van der Waals surface area (Å²) in [7, 11) is 0. The summed E-state index contributed by atoms with van der Waals surface area (Å²) >= 11 is 6.25. The molecular formula is C26H25ClN6O2. The van der Waals surface area contributed by atoms with Crippen LogP contribution in [0.4, 0.5) is 5.95 Å². The zero-order valence-electron chi connectivity index (χ0n) is 19.0. The van der Waals surface area contributed by atoms with Crippen LogP contribution in [0.15, 0.2) is 53.8 Å². The summed E-state index contributed by atoms with van der Waals surface area (Å²) in [5.41, 5.74) is 10.7. The Morgan fingerprint density at radius 3 is 2.74 bits per heavy atom. The topological polar surface area (TPSA) is 124 Å². The van der Waals surface area contributed by atoms with Crippen LogP contribution in [0, 0.1) is 5.41 Å². The van der Waals surface area contributed by atoms with E-state index in [0.29, 0.717) is 33.8 Å². The second-order valence-corrected chi connectivity index (χ2v) is 9.88. The van der Waals surface area contributed by atoms with Crippen molar-refractivity contribution < 1.29 is 5.11 Å². The van der Waals surface area contributed by atoms with Crippen molar-refractivity contribution in [3.63, 3.8) is 0 Å². The molecule has 9 heteroatoms. The predicted molar refractivity (Wildman–Crippen MR) is 137 cm³/mol. The predicted octanol–water partition coefficient (Wildman–Crippen LogP) is 3.91. The SMILES string of the molecule is C=C(c1cccc(O)c1Cl)c1n[nH]c2nc(N3CCC4(CC3)Cc3ccccc3[C@H]4N)[nH]c(=O)c12. The van der Waals surface area contributed by atoms with Crippen molar-refractivity contribution in [3.8, 4) is 5.75 Å². The molecule has 2 aromatic carbocycles. The molecule has 8 nitrogen and oxygen atoms in total. The summed E-state index contributed by atoms with van der Waals surface area (Å²) in [6.45, 7) is 5.56. The van der Waals surface area contributed by atoms with Gasteiger partial charge in [0.15, 0.2) is 5.65 Å². The quantitative estimate of drug-likeness (QED) is 0.346. The summed E-state index contributed by atoms with van der Waals surface area (Å²) in [6.07, 6.45) is 2.84. The largest absolute Gasteiger partial charge is 0.506 e.